The molecule has 0 aromatic heterocycles. The molecule has 1 aliphatic rings. The first-order valence-corrected chi connectivity index (χ1v) is 6.78. The van der Waals surface area contributed by atoms with Crippen molar-refractivity contribution in [1.82, 2.24) is 0 Å². The summed E-state index contributed by atoms with van der Waals surface area (Å²) in [7, 11) is 0. The SMILES string of the molecule is C=CCOC(=O)C1C(=O)C=CSC1CCCC. The Balaban J connectivity index is 2.67. The summed E-state index contributed by atoms with van der Waals surface area (Å²) in [6.07, 6.45) is 5.92. The molecule has 0 bridgehead atoms. The highest BCUT2D eigenvalue weighted by Crippen LogP contribution is 2.31. The summed E-state index contributed by atoms with van der Waals surface area (Å²) >= 11 is 1.55. The molecule has 2 unspecified atom stereocenters. The molecule has 94 valence electrons. The monoisotopic (exact) mass is 254 g/mol. The van der Waals surface area contributed by atoms with E-state index in [0.717, 1.165) is 19.3 Å². The number of ether oxygens (including phenoxy) is 1. The quantitative estimate of drug-likeness (QED) is 0.415. The number of thioether (sulfide) groups is 1. The van der Waals surface area contributed by atoms with Gasteiger partial charge in [-0.3, -0.25) is 9.59 Å². The van der Waals surface area contributed by atoms with Crippen LogP contribution in [0.15, 0.2) is 24.1 Å². The third kappa shape index (κ3) is 4.04. The zero-order chi connectivity index (χ0) is 12.7. The van der Waals surface area contributed by atoms with E-state index in [0.29, 0.717) is 0 Å². The molecule has 0 saturated carbocycles. The second-order valence-corrected chi connectivity index (χ2v) is 5.07. The number of esters is 1. The van der Waals surface area contributed by atoms with Crippen molar-refractivity contribution in [3.05, 3.63) is 24.1 Å². The van der Waals surface area contributed by atoms with Crippen LogP contribution in [0.4, 0.5) is 0 Å². The van der Waals surface area contributed by atoms with Gasteiger partial charge in [0.1, 0.15) is 12.5 Å². The third-order valence-electron chi connectivity index (χ3n) is 2.60. The zero-order valence-corrected chi connectivity index (χ0v) is 10.9. The molecule has 17 heavy (non-hydrogen) atoms. The van der Waals surface area contributed by atoms with Gasteiger partial charge in [0, 0.05) is 5.25 Å². The lowest BCUT2D eigenvalue weighted by Crippen LogP contribution is -2.35. The molecule has 4 heteroatoms. The van der Waals surface area contributed by atoms with Gasteiger partial charge < -0.3 is 4.74 Å². The van der Waals surface area contributed by atoms with Crippen LogP contribution in [0.5, 0.6) is 0 Å². The lowest BCUT2D eigenvalue weighted by Gasteiger charge is -2.24. The molecule has 0 spiro atoms. The second kappa shape index (κ2) is 7.33. The fraction of sp³-hybridized carbons (Fsp3) is 0.538. The summed E-state index contributed by atoms with van der Waals surface area (Å²) in [4.78, 5) is 23.5. The first-order valence-electron chi connectivity index (χ1n) is 5.84. The third-order valence-corrected chi connectivity index (χ3v) is 3.75. The minimum atomic E-state index is -0.642. The number of unbranched alkanes of at least 4 members (excludes halogenated alkanes) is 1. The lowest BCUT2D eigenvalue weighted by molar-refractivity contribution is -0.150. The van der Waals surface area contributed by atoms with E-state index in [4.69, 9.17) is 4.74 Å². The van der Waals surface area contributed by atoms with E-state index in [9.17, 15) is 9.59 Å². The number of carbonyl (C=O) groups is 2. The van der Waals surface area contributed by atoms with Crippen molar-refractivity contribution in [1.29, 1.82) is 0 Å². The Morgan fingerprint density at radius 2 is 2.41 bits per heavy atom. The number of carbonyl (C=O) groups excluding carboxylic acids is 2. The summed E-state index contributed by atoms with van der Waals surface area (Å²) in [5, 5.41) is 1.80. The van der Waals surface area contributed by atoms with E-state index >= 15 is 0 Å². The van der Waals surface area contributed by atoms with Crippen LogP contribution in [0.25, 0.3) is 0 Å². The zero-order valence-electron chi connectivity index (χ0n) is 10.1. The van der Waals surface area contributed by atoms with E-state index in [1.807, 2.05) is 0 Å². The predicted molar refractivity (Wildman–Crippen MR) is 69.7 cm³/mol. The summed E-state index contributed by atoms with van der Waals surface area (Å²) in [6.45, 7) is 5.74. The van der Waals surface area contributed by atoms with Crippen LogP contribution in [0.2, 0.25) is 0 Å². The van der Waals surface area contributed by atoms with Crippen LogP contribution in [0, 0.1) is 5.92 Å². The van der Waals surface area contributed by atoms with Gasteiger partial charge in [-0.2, -0.15) is 0 Å². The van der Waals surface area contributed by atoms with Crippen LogP contribution < -0.4 is 0 Å². The topological polar surface area (TPSA) is 43.4 Å². The van der Waals surface area contributed by atoms with Crippen molar-refractivity contribution in [2.24, 2.45) is 5.92 Å². The summed E-state index contributed by atoms with van der Waals surface area (Å²) in [6, 6.07) is 0. The fourth-order valence-corrected chi connectivity index (χ4v) is 2.83. The molecule has 0 radical (unpaired) electrons. The van der Waals surface area contributed by atoms with Gasteiger partial charge in [0.25, 0.3) is 0 Å². The number of hydrogen-bond acceptors (Lipinski definition) is 4. The van der Waals surface area contributed by atoms with Gasteiger partial charge in [0.15, 0.2) is 5.78 Å². The smallest absolute Gasteiger partial charge is 0.318 e. The average Bonchev–Trinajstić information content (AvgIpc) is 2.33. The minimum Gasteiger partial charge on any atom is -0.461 e. The minimum absolute atomic E-state index is 0.0183. The maximum absolute atomic E-state index is 11.8. The van der Waals surface area contributed by atoms with Crippen LogP contribution in [0.3, 0.4) is 0 Å². The molecule has 0 N–H and O–H groups in total. The first kappa shape index (κ1) is 14.0. The van der Waals surface area contributed by atoms with Crippen LogP contribution in [-0.4, -0.2) is 23.6 Å². The summed E-state index contributed by atoms with van der Waals surface area (Å²) in [5.41, 5.74) is 0. The Labute approximate surface area is 106 Å². The standard InChI is InChI=1S/C13H18O3S/c1-3-5-6-11-12(10(14)7-9-17-11)13(15)16-8-4-2/h4,7,9,11-12H,2-3,5-6,8H2,1H3. The van der Waals surface area contributed by atoms with Crippen molar-refractivity contribution < 1.29 is 14.3 Å². The van der Waals surface area contributed by atoms with Gasteiger partial charge in [-0.25, -0.2) is 0 Å². The van der Waals surface area contributed by atoms with Gasteiger partial charge >= 0.3 is 5.97 Å². The normalized spacial score (nSPS) is 23.5. The number of ketones is 1. The summed E-state index contributed by atoms with van der Waals surface area (Å²) < 4.78 is 4.99. The Bertz CT molecular complexity index is 323. The van der Waals surface area contributed by atoms with Gasteiger partial charge in [-0.15, -0.1) is 11.8 Å². The molecule has 0 aromatic rings. The maximum Gasteiger partial charge on any atom is 0.318 e. The van der Waals surface area contributed by atoms with Crippen LogP contribution in [-0.2, 0) is 14.3 Å². The van der Waals surface area contributed by atoms with Gasteiger partial charge in [-0.05, 0) is 17.9 Å². The highest BCUT2D eigenvalue weighted by atomic mass is 32.2. The largest absolute Gasteiger partial charge is 0.461 e. The van der Waals surface area contributed by atoms with Crippen molar-refractivity contribution >= 4 is 23.5 Å². The fourth-order valence-electron chi connectivity index (χ4n) is 1.71. The van der Waals surface area contributed by atoms with Gasteiger partial charge in [0.05, 0.1) is 0 Å². The molecule has 0 amide bonds. The first-order chi connectivity index (χ1) is 8.20. The van der Waals surface area contributed by atoms with Crippen LogP contribution in [0.1, 0.15) is 26.2 Å². The molecule has 1 heterocycles. The molecule has 0 fully saturated rings. The Hall–Kier alpha value is -1.03. The average molecular weight is 254 g/mol. The number of hydrogen-bond donors (Lipinski definition) is 0. The van der Waals surface area contributed by atoms with Gasteiger partial charge in [0.2, 0.25) is 0 Å². The van der Waals surface area contributed by atoms with E-state index in [2.05, 4.69) is 13.5 Å². The molecular weight excluding hydrogens is 236 g/mol. The highest BCUT2D eigenvalue weighted by Gasteiger charge is 2.36. The highest BCUT2D eigenvalue weighted by molar-refractivity contribution is 8.02. The maximum atomic E-state index is 11.8. The van der Waals surface area contributed by atoms with E-state index < -0.39 is 11.9 Å². The molecular formula is C13H18O3S. The molecule has 0 aliphatic carbocycles. The Morgan fingerprint density at radius 3 is 3.06 bits per heavy atom. The van der Waals surface area contributed by atoms with Crippen LogP contribution >= 0.6 is 11.8 Å². The van der Waals surface area contributed by atoms with Crippen molar-refractivity contribution in [3.8, 4) is 0 Å². The molecule has 1 aliphatic heterocycles. The second-order valence-electron chi connectivity index (χ2n) is 3.92. The predicted octanol–water partition coefficient (Wildman–Crippen LogP) is 2.72. The molecule has 0 saturated heterocycles. The Kier molecular flexibility index (Phi) is 6.05. The van der Waals surface area contributed by atoms with Crippen molar-refractivity contribution in [2.75, 3.05) is 6.61 Å². The van der Waals surface area contributed by atoms with E-state index in [1.165, 1.54) is 12.2 Å². The van der Waals surface area contributed by atoms with E-state index in [1.54, 1.807) is 17.2 Å². The number of rotatable bonds is 6. The van der Waals surface area contributed by atoms with E-state index in [-0.39, 0.29) is 17.6 Å². The molecule has 2 atom stereocenters. The van der Waals surface area contributed by atoms with Crippen molar-refractivity contribution in [2.45, 2.75) is 31.4 Å². The molecule has 3 nitrogen and oxygen atoms in total. The summed E-state index contributed by atoms with van der Waals surface area (Å²) in [5.74, 6) is -1.21. The van der Waals surface area contributed by atoms with Gasteiger partial charge in [-0.1, -0.05) is 32.4 Å². The molecule has 1 rings (SSSR count). The number of allylic oxidation sites excluding steroid dienone is 1. The lowest BCUT2D eigenvalue weighted by atomic mass is 9.95. The molecule has 0 aromatic carbocycles. The van der Waals surface area contributed by atoms with Crippen molar-refractivity contribution in [3.63, 3.8) is 0 Å². The Morgan fingerprint density at radius 1 is 1.65 bits per heavy atom.